The quantitative estimate of drug-likeness (QED) is 0.451. The van der Waals surface area contributed by atoms with Crippen molar-refractivity contribution in [2.45, 2.75) is 50.3 Å². The maximum Gasteiger partial charge on any atom is 0.409 e. The van der Waals surface area contributed by atoms with E-state index >= 15 is 0 Å². The molecule has 0 aromatic heterocycles. The number of carbonyl (C=O) groups excluding carboxylic acids is 1. The topological polar surface area (TPSA) is 78.9 Å². The second kappa shape index (κ2) is 9.45. The molecule has 1 heterocycles. The fourth-order valence-electron chi connectivity index (χ4n) is 4.93. The molecule has 1 aliphatic heterocycles. The summed E-state index contributed by atoms with van der Waals surface area (Å²) in [5.74, 6) is -0.734. The van der Waals surface area contributed by atoms with Crippen molar-refractivity contribution in [1.29, 1.82) is 0 Å². The predicted octanol–water partition coefficient (Wildman–Crippen LogP) is 5.88. The van der Waals surface area contributed by atoms with Gasteiger partial charge in [-0.25, -0.2) is 4.79 Å². The Labute approximate surface area is 205 Å². The molecule has 0 radical (unpaired) electrons. The summed E-state index contributed by atoms with van der Waals surface area (Å²) >= 11 is 0. The first-order valence-corrected chi connectivity index (χ1v) is 12.2. The second-order valence-electron chi connectivity index (χ2n) is 9.47. The van der Waals surface area contributed by atoms with E-state index in [4.69, 9.17) is 4.74 Å². The van der Waals surface area contributed by atoms with E-state index in [2.05, 4.69) is 34.5 Å². The number of amides is 1. The van der Waals surface area contributed by atoms with Gasteiger partial charge in [0.2, 0.25) is 0 Å². The molecule has 1 aliphatic carbocycles. The molecule has 1 saturated carbocycles. The van der Waals surface area contributed by atoms with E-state index in [-0.39, 0.29) is 12.3 Å². The molecule has 0 bridgehead atoms. The number of rotatable bonds is 7. The van der Waals surface area contributed by atoms with Gasteiger partial charge in [0, 0.05) is 12.2 Å². The summed E-state index contributed by atoms with van der Waals surface area (Å²) in [7, 11) is 0. The molecular weight excluding hydrogens is 440 g/mol. The molecule has 2 N–H and O–H groups in total. The van der Waals surface area contributed by atoms with Gasteiger partial charge in [0.05, 0.1) is 5.41 Å². The Kier molecular flexibility index (Phi) is 6.20. The summed E-state index contributed by atoms with van der Waals surface area (Å²) < 4.78 is 5.60. The highest BCUT2D eigenvalue weighted by Crippen LogP contribution is 2.48. The van der Waals surface area contributed by atoms with Gasteiger partial charge in [0.15, 0.2) is 0 Å². The lowest BCUT2D eigenvalue weighted by atomic mass is 9.94. The van der Waals surface area contributed by atoms with Crippen LogP contribution in [0, 0.1) is 0 Å². The largest absolute Gasteiger partial charge is 0.481 e. The van der Waals surface area contributed by atoms with E-state index in [1.807, 2.05) is 61.5 Å². The van der Waals surface area contributed by atoms with Crippen LogP contribution in [-0.2, 0) is 14.9 Å². The molecule has 1 amide bonds. The number of hydrogen-bond donors (Lipinski definition) is 2. The molecule has 1 saturated heterocycles. The highest BCUT2D eigenvalue weighted by molar-refractivity contribution is 5.85. The van der Waals surface area contributed by atoms with Gasteiger partial charge in [-0.3, -0.25) is 4.79 Å². The van der Waals surface area contributed by atoms with Gasteiger partial charge >= 0.3 is 12.1 Å². The molecular formula is C29H30N2O4. The van der Waals surface area contributed by atoms with Gasteiger partial charge in [-0.05, 0) is 67.0 Å². The Bertz CT molecular complexity index is 1190. The van der Waals surface area contributed by atoms with Crippen LogP contribution in [0.15, 0.2) is 78.9 Å². The summed E-state index contributed by atoms with van der Waals surface area (Å²) in [4.78, 5) is 26.3. The average Bonchev–Trinajstić information content (AvgIpc) is 3.58. The van der Waals surface area contributed by atoms with Crippen molar-refractivity contribution in [2.24, 2.45) is 0 Å². The van der Waals surface area contributed by atoms with Crippen LogP contribution in [-0.4, -0.2) is 29.9 Å². The fourth-order valence-corrected chi connectivity index (χ4v) is 4.93. The van der Waals surface area contributed by atoms with Crippen LogP contribution < -0.4 is 10.2 Å². The lowest BCUT2D eigenvalue weighted by Gasteiger charge is -2.28. The number of aliphatic carboxylic acids is 1. The number of hydrogen-bond acceptors (Lipinski definition) is 4. The lowest BCUT2D eigenvalue weighted by molar-refractivity contribution is -0.140. The highest BCUT2D eigenvalue weighted by Gasteiger charge is 2.51. The molecule has 180 valence electrons. The van der Waals surface area contributed by atoms with Gasteiger partial charge in [-0.15, -0.1) is 0 Å². The average molecular weight is 471 g/mol. The first kappa shape index (κ1) is 23.0. The Balaban J connectivity index is 1.22. The zero-order valence-corrected chi connectivity index (χ0v) is 19.8. The Hall–Kier alpha value is -3.80. The van der Waals surface area contributed by atoms with Gasteiger partial charge in [0.25, 0.3) is 0 Å². The SMILES string of the molecule is CC(OC(=O)NC1CCCN1c1ccc(-c2ccc(C3(C(=O)O)CC3)cc2)cc1)c1ccccc1. The van der Waals surface area contributed by atoms with E-state index in [0.717, 1.165) is 47.3 Å². The van der Waals surface area contributed by atoms with E-state index in [1.165, 1.54) is 0 Å². The van der Waals surface area contributed by atoms with Crippen LogP contribution in [0.1, 0.15) is 49.8 Å². The highest BCUT2D eigenvalue weighted by atomic mass is 16.6. The third kappa shape index (κ3) is 4.74. The number of carbonyl (C=O) groups is 2. The molecule has 35 heavy (non-hydrogen) atoms. The van der Waals surface area contributed by atoms with Gasteiger partial charge in [0.1, 0.15) is 12.3 Å². The fraction of sp³-hybridized carbons (Fsp3) is 0.310. The molecule has 2 atom stereocenters. The van der Waals surface area contributed by atoms with Crippen molar-refractivity contribution in [2.75, 3.05) is 11.4 Å². The Morgan fingerprint density at radius 1 is 0.971 bits per heavy atom. The van der Waals surface area contributed by atoms with Crippen LogP contribution in [0.5, 0.6) is 0 Å². The smallest absolute Gasteiger partial charge is 0.409 e. The number of benzene rings is 3. The monoisotopic (exact) mass is 470 g/mol. The summed E-state index contributed by atoms with van der Waals surface area (Å²) in [5.41, 5.74) is 4.33. The zero-order valence-electron chi connectivity index (χ0n) is 19.8. The van der Waals surface area contributed by atoms with Crippen molar-refractivity contribution < 1.29 is 19.4 Å². The predicted molar refractivity (Wildman–Crippen MR) is 135 cm³/mol. The number of anilines is 1. The van der Waals surface area contributed by atoms with E-state index in [1.54, 1.807) is 0 Å². The van der Waals surface area contributed by atoms with Crippen molar-refractivity contribution in [3.63, 3.8) is 0 Å². The summed E-state index contributed by atoms with van der Waals surface area (Å²) in [6, 6.07) is 25.9. The van der Waals surface area contributed by atoms with E-state index in [9.17, 15) is 14.7 Å². The number of ether oxygens (including phenoxy) is 1. The molecule has 5 rings (SSSR count). The first-order valence-electron chi connectivity index (χ1n) is 12.2. The van der Waals surface area contributed by atoms with Crippen molar-refractivity contribution in [1.82, 2.24) is 5.32 Å². The zero-order chi connectivity index (χ0) is 24.4. The van der Waals surface area contributed by atoms with Crippen molar-refractivity contribution in [3.05, 3.63) is 90.0 Å². The number of nitrogens with one attached hydrogen (secondary N) is 1. The van der Waals surface area contributed by atoms with E-state index in [0.29, 0.717) is 12.8 Å². The van der Waals surface area contributed by atoms with Crippen molar-refractivity contribution in [3.8, 4) is 11.1 Å². The minimum absolute atomic E-state index is 0.110. The molecule has 2 fully saturated rings. The minimum atomic E-state index is -0.734. The molecule has 2 aliphatic rings. The maximum atomic E-state index is 12.5. The van der Waals surface area contributed by atoms with Gasteiger partial charge < -0.3 is 20.1 Å². The second-order valence-corrected chi connectivity index (χ2v) is 9.47. The molecule has 6 nitrogen and oxygen atoms in total. The first-order chi connectivity index (χ1) is 17.0. The van der Waals surface area contributed by atoms with Gasteiger partial charge in [-0.1, -0.05) is 66.7 Å². The normalized spacial score (nSPS) is 19.1. The summed E-state index contributed by atoms with van der Waals surface area (Å²) in [6.07, 6.45) is 2.44. The van der Waals surface area contributed by atoms with Crippen LogP contribution in [0.2, 0.25) is 0 Å². The molecule has 3 aromatic rings. The number of carboxylic acids is 1. The molecule has 6 heteroatoms. The van der Waals surface area contributed by atoms with Crippen LogP contribution in [0.4, 0.5) is 10.5 Å². The minimum Gasteiger partial charge on any atom is -0.481 e. The Morgan fingerprint density at radius 3 is 2.20 bits per heavy atom. The lowest BCUT2D eigenvalue weighted by Crippen LogP contribution is -2.44. The third-order valence-electron chi connectivity index (χ3n) is 7.22. The third-order valence-corrected chi connectivity index (χ3v) is 7.22. The molecule has 3 aromatic carbocycles. The summed E-state index contributed by atoms with van der Waals surface area (Å²) in [5, 5.41) is 12.5. The van der Waals surface area contributed by atoms with Crippen molar-refractivity contribution >= 4 is 17.7 Å². The van der Waals surface area contributed by atoms with Crippen LogP contribution in [0.3, 0.4) is 0 Å². The number of nitrogens with zero attached hydrogens (tertiary/aromatic N) is 1. The van der Waals surface area contributed by atoms with Crippen LogP contribution in [0.25, 0.3) is 11.1 Å². The molecule has 2 unspecified atom stereocenters. The van der Waals surface area contributed by atoms with Crippen LogP contribution >= 0.6 is 0 Å². The summed E-state index contributed by atoms with van der Waals surface area (Å²) in [6.45, 7) is 2.74. The Morgan fingerprint density at radius 2 is 1.60 bits per heavy atom. The maximum absolute atomic E-state index is 12.5. The van der Waals surface area contributed by atoms with Gasteiger partial charge in [-0.2, -0.15) is 0 Å². The standard InChI is InChI=1S/C29H30N2O4/c1-20(21-6-3-2-4-7-21)35-28(34)30-26-8-5-19-31(26)25-15-11-23(12-16-25)22-9-13-24(14-10-22)29(17-18-29)27(32)33/h2-4,6-7,9-16,20,26H,5,8,17-19H2,1H3,(H,30,34)(H,32,33). The van der Waals surface area contributed by atoms with E-state index < -0.39 is 17.5 Å². The molecule has 0 spiro atoms. The number of alkyl carbamates (subject to hydrolysis) is 1. The number of carboxylic acid groups (broad SMARTS) is 1.